The largest absolute Gasteiger partial charge is 0.379 e. The van der Waals surface area contributed by atoms with Crippen molar-refractivity contribution in [1.82, 2.24) is 4.31 Å². The first-order chi connectivity index (χ1) is 12.0. The molecule has 1 saturated heterocycles. The number of carbonyl (C=O) groups is 1. The number of carbonyl (C=O) groups excluding carboxylic acids is 1. The number of morpholine rings is 1. The Labute approximate surface area is 152 Å². The Balaban J connectivity index is 2.06. The van der Waals surface area contributed by atoms with E-state index in [4.69, 9.17) is 16.3 Å². The van der Waals surface area contributed by atoms with E-state index in [2.05, 4.69) is 4.36 Å². The van der Waals surface area contributed by atoms with Crippen LogP contribution in [0.3, 0.4) is 0 Å². The molecule has 5 nitrogen and oxygen atoms in total. The molecule has 1 atom stereocenters. The Hall–Kier alpha value is -1.73. The molecule has 25 heavy (non-hydrogen) atoms. The summed E-state index contributed by atoms with van der Waals surface area (Å²) >= 11 is 5.86. The van der Waals surface area contributed by atoms with E-state index in [-0.39, 0.29) is 0 Å². The molecular formula is C18H19ClN2O3S. The van der Waals surface area contributed by atoms with Gasteiger partial charge in [0, 0.05) is 23.7 Å². The molecule has 132 valence electrons. The fourth-order valence-corrected chi connectivity index (χ4v) is 4.64. The van der Waals surface area contributed by atoms with Crippen molar-refractivity contribution in [2.24, 2.45) is 4.36 Å². The topological polar surface area (TPSA) is 59.0 Å². The molecule has 1 aliphatic rings. The van der Waals surface area contributed by atoms with Crippen LogP contribution in [0.25, 0.3) is 0 Å². The van der Waals surface area contributed by atoms with Crippen molar-refractivity contribution < 1.29 is 13.7 Å². The lowest BCUT2D eigenvalue weighted by atomic mass is 10.2. The predicted molar refractivity (Wildman–Crippen MR) is 98.2 cm³/mol. The highest BCUT2D eigenvalue weighted by atomic mass is 35.5. The van der Waals surface area contributed by atoms with Gasteiger partial charge in [-0.3, -0.25) is 4.79 Å². The van der Waals surface area contributed by atoms with Gasteiger partial charge < -0.3 is 4.74 Å². The lowest BCUT2D eigenvalue weighted by molar-refractivity contribution is 0.0742. The van der Waals surface area contributed by atoms with Gasteiger partial charge in [-0.1, -0.05) is 29.3 Å². The molecule has 0 saturated carbocycles. The summed E-state index contributed by atoms with van der Waals surface area (Å²) in [6, 6.07) is 13.7. The standard InChI is InChI=1S/C18H19ClN2O3S/c1-14-2-8-17(9-3-14)25(23,21-10-12-24-13-11-21)20-18(22)15-4-6-16(19)7-5-15/h2-9H,10-13H2,1H3. The normalized spacial score (nSPS) is 17.7. The second kappa shape index (κ2) is 7.66. The van der Waals surface area contributed by atoms with Crippen LogP contribution in [0.4, 0.5) is 0 Å². The molecule has 1 fully saturated rings. The van der Waals surface area contributed by atoms with Crippen molar-refractivity contribution in [3.05, 3.63) is 64.7 Å². The average molecular weight is 379 g/mol. The monoisotopic (exact) mass is 378 g/mol. The second-order valence-corrected chi connectivity index (χ2v) is 8.35. The molecule has 3 rings (SSSR count). The van der Waals surface area contributed by atoms with Crippen molar-refractivity contribution in [1.29, 1.82) is 0 Å². The number of aryl methyl sites for hydroxylation is 1. The minimum absolute atomic E-state index is 0.359. The quantitative estimate of drug-likeness (QED) is 0.820. The van der Waals surface area contributed by atoms with Gasteiger partial charge in [-0.05, 0) is 43.3 Å². The maximum Gasteiger partial charge on any atom is 0.286 e. The molecule has 0 aromatic heterocycles. The van der Waals surface area contributed by atoms with Crippen molar-refractivity contribution in [2.75, 3.05) is 26.3 Å². The highest BCUT2D eigenvalue weighted by molar-refractivity contribution is 7.91. The number of amides is 1. The fourth-order valence-electron chi connectivity index (χ4n) is 2.53. The van der Waals surface area contributed by atoms with Gasteiger partial charge >= 0.3 is 0 Å². The van der Waals surface area contributed by atoms with E-state index in [1.165, 1.54) is 0 Å². The van der Waals surface area contributed by atoms with Gasteiger partial charge in [-0.2, -0.15) is 0 Å². The van der Waals surface area contributed by atoms with Crippen LogP contribution in [-0.4, -0.2) is 40.7 Å². The number of halogens is 1. The van der Waals surface area contributed by atoms with Gasteiger partial charge in [0.25, 0.3) is 5.91 Å². The summed E-state index contributed by atoms with van der Waals surface area (Å²) in [6.45, 7) is 3.81. The lowest BCUT2D eigenvalue weighted by Crippen LogP contribution is -2.40. The first-order valence-corrected chi connectivity index (χ1v) is 9.81. The molecule has 1 unspecified atom stereocenters. The van der Waals surface area contributed by atoms with E-state index in [0.29, 0.717) is 41.8 Å². The number of ether oxygens (including phenoxy) is 1. The molecule has 0 aliphatic carbocycles. The van der Waals surface area contributed by atoms with Gasteiger partial charge in [0.15, 0.2) is 0 Å². The smallest absolute Gasteiger partial charge is 0.286 e. The van der Waals surface area contributed by atoms with Crippen LogP contribution in [0.5, 0.6) is 0 Å². The van der Waals surface area contributed by atoms with Crippen LogP contribution >= 0.6 is 11.6 Å². The van der Waals surface area contributed by atoms with Gasteiger partial charge in [0.1, 0.15) is 9.92 Å². The predicted octanol–water partition coefficient (Wildman–Crippen LogP) is 3.56. The summed E-state index contributed by atoms with van der Waals surface area (Å²) in [6.07, 6.45) is 0. The van der Waals surface area contributed by atoms with Crippen LogP contribution < -0.4 is 0 Å². The Kier molecular flexibility index (Phi) is 5.54. The molecular weight excluding hydrogens is 360 g/mol. The molecule has 7 heteroatoms. The summed E-state index contributed by atoms with van der Waals surface area (Å²) in [5, 5.41) is 0.531. The van der Waals surface area contributed by atoms with Crippen LogP contribution in [-0.2, 0) is 14.7 Å². The minimum Gasteiger partial charge on any atom is -0.379 e. The van der Waals surface area contributed by atoms with Gasteiger partial charge in [0.2, 0.25) is 0 Å². The number of hydrogen-bond donors (Lipinski definition) is 0. The van der Waals surface area contributed by atoms with Crippen LogP contribution in [0.1, 0.15) is 15.9 Å². The third kappa shape index (κ3) is 4.10. The van der Waals surface area contributed by atoms with Crippen molar-refractivity contribution in [3.63, 3.8) is 0 Å². The molecule has 2 aromatic carbocycles. The maximum atomic E-state index is 13.8. The molecule has 0 bridgehead atoms. The van der Waals surface area contributed by atoms with E-state index in [9.17, 15) is 9.00 Å². The maximum absolute atomic E-state index is 13.8. The number of rotatable bonds is 3. The fraction of sp³-hybridized carbons (Fsp3) is 0.278. The number of nitrogens with zero attached hydrogens (tertiary/aromatic N) is 2. The van der Waals surface area contributed by atoms with Crippen LogP contribution in [0.15, 0.2) is 57.8 Å². The summed E-state index contributed by atoms with van der Waals surface area (Å²) in [7, 11) is -3.05. The molecule has 0 spiro atoms. The lowest BCUT2D eigenvalue weighted by Gasteiger charge is -2.29. The van der Waals surface area contributed by atoms with Gasteiger partial charge in [-0.15, -0.1) is 4.36 Å². The number of hydrogen-bond acceptors (Lipinski definition) is 3. The van der Waals surface area contributed by atoms with Crippen molar-refractivity contribution in [2.45, 2.75) is 11.8 Å². The Morgan fingerprint density at radius 1 is 1.08 bits per heavy atom. The van der Waals surface area contributed by atoms with Crippen molar-refractivity contribution >= 4 is 27.4 Å². The van der Waals surface area contributed by atoms with Gasteiger partial charge in [-0.25, -0.2) is 8.51 Å². The van der Waals surface area contributed by atoms with E-state index in [1.54, 1.807) is 40.7 Å². The Morgan fingerprint density at radius 3 is 2.28 bits per heavy atom. The highest BCUT2D eigenvalue weighted by Gasteiger charge is 2.26. The summed E-state index contributed by atoms with van der Waals surface area (Å²) in [5.74, 6) is -0.520. The zero-order chi connectivity index (χ0) is 17.9. The van der Waals surface area contributed by atoms with E-state index < -0.39 is 15.8 Å². The summed E-state index contributed by atoms with van der Waals surface area (Å²) in [4.78, 5) is 13.1. The molecule has 0 radical (unpaired) electrons. The Morgan fingerprint density at radius 2 is 1.68 bits per heavy atom. The van der Waals surface area contributed by atoms with E-state index in [0.717, 1.165) is 5.56 Å². The SMILES string of the molecule is Cc1ccc(S(=O)(=NC(=O)c2ccc(Cl)cc2)N2CCOCC2)cc1. The van der Waals surface area contributed by atoms with Gasteiger partial charge in [0.05, 0.1) is 18.1 Å². The minimum atomic E-state index is -3.05. The second-order valence-electron chi connectivity index (χ2n) is 5.75. The molecule has 2 aromatic rings. The van der Waals surface area contributed by atoms with Crippen LogP contribution in [0.2, 0.25) is 5.02 Å². The van der Waals surface area contributed by atoms with Crippen molar-refractivity contribution in [3.8, 4) is 0 Å². The Bertz CT molecular complexity index is 866. The van der Waals surface area contributed by atoms with Crippen LogP contribution in [0, 0.1) is 6.92 Å². The summed E-state index contributed by atoms with van der Waals surface area (Å²) < 4.78 is 25.0. The molecule has 1 amide bonds. The average Bonchev–Trinajstić information content (AvgIpc) is 2.63. The zero-order valence-corrected chi connectivity index (χ0v) is 15.4. The zero-order valence-electron chi connectivity index (χ0n) is 13.9. The molecule has 0 N–H and O–H groups in total. The third-order valence-electron chi connectivity index (χ3n) is 3.95. The molecule has 1 heterocycles. The van der Waals surface area contributed by atoms with E-state index >= 15 is 0 Å². The highest BCUT2D eigenvalue weighted by Crippen LogP contribution is 2.22. The summed E-state index contributed by atoms with van der Waals surface area (Å²) in [5.41, 5.74) is 1.41. The van der Waals surface area contributed by atoms with E-state index in [1.807, 2.05) is 19.1 Å². The first-order valence-electron chi connectivity index (χ1n) is 7.96. The third-order valence-corrected chi connectivity index (χ3v) is 6.56. The first kappa shape index (κ1) is 18.1. The molecule has 1 aliphatic heterocycles. The number of benzene rings is 2.